The molecule has 1 unspecified atom stereocenters. The molecule has 3 heteroatoms. The molecule has 0 spiro atoms. The van der Waals surface area contributed by atoms with Gasteiger partial charge >= 0.3 is 0 Å². The van der Waals surface area contributed by atoms with Gasteiger partial charge in [-0.3, -0.25) is 0 Å². The number of imidazole rings is 1. The minimum Gasteiger partial charge on any atom is -0.324 e. The maximum atomic E-state index is 6.59. The van der Waals surface area contributed by atoms with E-state index in [4.69, 9.17) is 10.7 Å². The van der Waals surface area contributed by atoms with Gasteiger partial charge in [0.15, 0.2) is 0 Å². The Kier molecular flexibility index (Phi) is 4.22. The van der Waals surface area contributed by atoms with E-state index in [0.29, 0.717) is 6.04 Å². The molecule has 0 saturated carbocycles. The number of rotatable bonds is 3. The largest absolute Gasteiger partial charge is 0.324 e. The number of para-hydroxylation sites is 2. The lowest BCUT2D eigenvalue weighted by Gasteiger charge is -2.21. The summed E-state index contributed by atoms with van der Waals surface area (Å²) in [6.07, 6.45) is 0. The molecule has 24 heavy (non-hydrogen) atoms. The van der Waals surface area contributed by atoms with E-state index in [1.807, 2.05) is 12.1 Å². The van der Waals surface area contributed by atoms with Crippen LogP contribution in [-0.2, 0) is 5.41 Å². The highest BCUT2D eigenvalue weighted by atomic mass is 15.1. The molecule has 3 aromatic rings. The number of hydrogen-bond donors (Lipinski definition) is 1. The molecule has 0 radical (unpaired) electrons. The van der Waals surface area contributed by atoms with Gasteiger partial charge in [0.05, 0.1) is 17.1 Å². The van der Waals surface area contributed by atoms with Gasteiger partial charge in [-0.15, -0.1) is 0 Å². The summed E-state index contributed by atoms with van der Waals surface area (Å²) < 4.78 is 2.25. The van der Waals surface area contributed by atoms with E-state index in [2.05, 4.69) is 75.6 Å². The van der Waals surface area contributed by atoms with Gasteiger partial charge in [0, 0.05) is 6.04 Å². The lowest BCUT2D eigenvalue weighted by atomic mass is 9.86. The number of nitrogens with zero attached hydrogens (tertiary/aromatic N) is 2. The Morgan fingerprint density at radius 3 is 2.17 bits per heavy atom. The summed E-state index contributed by atoms with van der Waals surface area (Å²) in [5, 5.41) is 0. The molecule has 126 valence electrons. The predicted molar refractivity (Wildman–Crippen MR) is 101 cm³/mol. The Bertz CT molecular complexity index is 836. The summed E-state index contributed by atoms with van der Waals surface area (Å²) >= 11 is 0. The first kappa shape index (κ1) is 16.7. The van der Waals surface area contributed by atoms with Crippen LogP contribution in [0.15, 0.2) is 48.5 Å². The van der Waals surface area contributed by atoms with E-state index in [9.17, 15) is 0 Å². The Hall–Kier alpha value is -2.13. The third-order valence-electron chi connectivity index (χ3n) is 4.55. The lowest BCUT2D eigenvalue weighted by Crippen LogP contribution is -2.19. The van der Waals surface area contributed by atoms with E-state index < -0.39 is 0 Å². The third kappa shape index (κ3) is 2.96. The monoisotopic (exact) mass is 321 g/mol. The average Bonchev–Trinajstić information content (AvgIpc) is 2.93. The highest BCUT2D eigenvalue weighted by molar-refractivity contribution is 5.76. The van der Waals surface area contributed by atoms with Crippen molar-refractivity contribution < 1.29 is 0 Å². The van der Waals surface area contributed by atoms with E-state index >= 15 is 0 Å². The van der Waals surface area contributed by atoms with Gasteiger partial charge < -0.3 is 10.3 Å². The molecule has 0 bridgehead atoms. The normalized spacial score (nSPS) is 13.6. The second-order valence-electron chi connectivity index (χ2n) is 7.77. The minimum absolute atomic E-state index is 0.147. The quantitative estimate of drug-likeness (QED) is 0.740. The smallest absolute Gasteiger partial charge is 0.131 e. The number of nitrogens with two attached hydrogens (primary N) is 1. The van der Waals surface area contributed by atoms with Crippen LogP contribution in [0.25, 0.3) is 11.0 Å². The molecule has 1 atom stereocenters. The molecular weight excluding hydrogens is 294 g/mol. The molecule has 2 N–H and O–H groups in total. The van der Waals surface area contributed by atoms with Crippen molar-refractivity contribution in [3.63, 3.8) is 0 Å². The van der Waals surface area contributed by atoms with Gasteiger partial charge in [0.1, 0.15) is 5.82 Å². The van der Waals surface area contributed by atoms with Crippen molar-refractivity contribution in [2.45, 2.75) is 52.1 Å². The zero-order valence-corrected chi connectivity index (χ0v) is 15.2. The molecule has 0 aliphatic rings. The van der Waals surface area contributed by atoms with Gasteiger partial charge in [0.25, 0.3) is 0 Å². The molecule has 0 saturated heterocycles. The molecular formula is C21H27N3. The van der Waals surface area contributed by atoms with Crippen LogP contribution >= 0.6 is 0 Å². The van der Waals surface area contributed by atoms with Gasteiger partial charge in [-0.25, -0.2) is 4.98 Å². The van der Waals surface area contributed by atoms with E-state index in [0.717, 1.165) is 22.4 Å². The SMILES string of the molecule is CC(C)n1c(C(N)c2ccc(C(C)(C)C)cc2)nc2ccccc21. The predicted octanol–water partition coefficient (Wildman–Crippen LogP) is 4.96. The molecule has 3 rings (SSSR count). The van der Waals surface area contributed by atoms with Crippen LogP contribution in [0.4, 0.5) is 0 Å². The maximum absolute atomic E-state index is 6.59. The summed E-state index contributed by atoms with van der Waals surface area (Å²) in [6.45, 7) is 11.0. The Morgan fingerprint density at radius 1 is 0.958 bits per heavy atom. The molecule has 0 aliphatic carbocycles. The highest BCUT2D eigenvalue weighted by Crippen LogP contribution is 2.29. The first-order chi connectivity index (χ1) is 11.3. The van der Waals surface area contributed by atoms with Crippen LogP contribution in [0, 0.1) is 0 Å². The first-order valence-electron chi connectivity index (χ1n) is 8.62. The topological polar surface area (TPSA) is 43.8 Å². The van der Waals surface area contributed by atoms with Crippen LogP contribution in [0.5, 0.6) is 0 Å². The van der Waals surface area contributed by atoms with E-state index in [1.54, 1.807) is 0 Å². The fraction of sp³-hybridized carbons (Fsp3) is 0.381. The van der Waals surface area contributed by atoms with Crippen LogP contribution in [0.1, 0.15) is 63.7 Å². The van der Waals surface area contributed by atoms with Crippen molar-refractivity contribution in [3.05, 3.63) is 65.5 Å². The summed E-state index contributed by atoms with van der Waals surface area (Å²) in [6, 6.07) is 16.9. The van der Waals surface area contributed by atoms with Crippen molar-refractivity contribution in [1.82, 2.24) is 9.55 Å². The lowest BCUT2D eigenvalue weighted by molar-refractivity contribution is 0.566. The second-order valence-corrected chi connectivity index (χ2v) is 7.77. The Balaban J connectivity index is 2.05. The van der Waals surface area contributed by atoms with Gasteiger partial charge in [-0.2, -0.15) is 0 Å². The van der Waals surface area contributed by atoms with Crippen molar-refractivity contribution in [2.24, 2.45) is 5.73 Å². The van der Waals surface area contributed by atoms with Crippen LogP contribution < -0.4 is 5.73 Å². The first-order valence-corrected chi connectivity index (χ1v) is 8.62. The fourth-order valence-corrected chi connectivity index (χ4v) is 3.16. The minimum atomic E-state index is -0.228. The molecule has 0 amide bonds. The summed E-state index contributed by atoms with van der Waals surface area (Å²) in [7, 11) is 0. The summed E-state index contributed by atoms with van der Waals surface area (Å²) in [5.41, 5.74) is 11.3. The van der Waals surface area contributed by atoms with Gasteiger partial charge in [0.2, 0.25) is 0 Å². The molecule has 1 aromatic heterocycles. The third-order valence-corrected chi connectivity index (χ3v) is 4.55. The fourth-order valence-electron chi connectivity index (χ4n) is 3.16. The number of hydrogen-bond acceptors (Lipinski definition) is 2. The maximum Gasteiger partial charge on any atom is 0.131 e. The molecule has 3 nitrogen and oxygen atoms in total. The number of benzene rings is 2. The van der Waals surface area contributed by atoms with Gasteiger partial charge in [-0.1, -0.05) is 57.2 Å². The van der Waals surface area contributed by atoms with Gasteiger partial charge in [-0.05, 0) is 42.5 Å². The zero-order chi connectivity index (χ0) is 17.5. The molecule has 2 aromatic carbocycles. The average molecular weight is 321 g/mol. The Morgan fingerprint density at radius 2 is 1.58 bits per heavy atom. The number of fused-ring (bicyclic) bond motifs is 1. The van der Waals surface area contributed by atoms with E-state index in [-0.39, 0.29) is 11.5 Å². The highest BCUT2D eigenvalue weighted by Gasteiger charge is 2.21. The van der Waals surface area contributed by atoms with Crippen LogP contribution in [0.2, 0.25) is 0 Å². The molecule has 1 heterocycles. The van der Waals surface area contributed by atoms with Crippen molar-refractivity contribution in [3.8, 4) is 0 Å². The van der Waals surface area contributed by atoms with E-state index in [1.165, 1.54) is 5.56 Å². The van der Waals surface area contributed by atoms with Crippen molar-refractivity contribution in [1.29, 1.82) is 0 Å². The standard InChI is InChI=1S/C21H27N3/c1-14(2)24-18-9-7-6-8-17(18)23-20(24)19(22)15-10-12-16(13-11-15)21(3,4)5/h6-14,19H,22H2,1-5H3. The van der Waals surface area contributed by atoms with Crippen molar-refractivity contribution in [2.75, 3.05) is 0 Å². The molecule has 0 aliphatic heterocycles. The number of aromatic nitrogens is 2. The summed E-state index contributed by atoms with van der Waals surface area (Å²) in [4.78, 5) is 4.82. The molecule has 0 fully saturated rings. The van der Waals surface area contributed by atoms with Crippen LogP contribution in [-0.4, -0.2) is 9.55 Å². The van der Waals surface area contributed by atoms with Crippen molar-refractivity contribution >= 4 is 11.0 Å². The zero-order valence-electron chi connectivity index (χ0n) is 15.2. The Labute approximate surface area is 144 Å². The summed E-state index contributed by atoms with van der Waals surface area (Å²) in [5.74, 6) is 0.926. The van der Waals surface area contributed by atoms with Crippen LogP contribution in [0.3, 0.4) is 0 Å². The second kappa shape index (κ2) is 6.06.